The first kappa shape index (κ1) is 15.9. The van der Waals surface area contributed by atoms with E-state index in [4.69, 9.17) is 16.3 Å². The lowest BCUT2D eigenvalue weighted by Crippen LogP contribution is -2.30. The van der Waals surface area contributed by atoms with Gasteiger partial charge in [0.2, 0.25) is 0 Å². The summed E-state index contributed by atoms with van der Waals surface area (Å²) in [4.78, 5) is 13.9. The molecule has 0 saturated heterocycles. The van der Waals surface area contributed by atoms with E-state index in [0.29, 0.717) is 29.5 Å². The summed E-state index contributed by atoms with van der Waals surface area (Å²) in [7, 11) is 1.75. The van der Waals surface area contributed by atoms with Gasteiger partial charge >= 0.3 is 0 Å². The van der Waals surface area contributed by atoms with Gasteiger partial charge < -0.3 is 9.64 Å². The zero-order chi connectivity index (χ0) is 15.2. The first-order chi connectivity index (χ1) is 10.1. The van der Waals surface area contributed by atoms with E-state index < -0.39 is 0 Å². The number of amides is 1. The second kappa shape index (κ2) is 7.48. The number of halogens is 2. The van der Waals surface area contributed by atoms with E-state index in [-0.39, 0.29) is 5.91 Å². The van der Waals surface area contributed by atoms with Crippen molar-refractivity contribution in [3.8, 4) is 5.75 Å². The molecule has 0 N–H and O–H groups in total. The van der Waals surface area contributed by atoms with Gasteiger partial charge in [-0.05, 0) is 30.3 Å². The summed E-state index contributed by atoms with van der Waals surface area (Å²) in [5, 5.41) is 0.568. The van der Waals surface area contributed by atoms with Crippen molar-refractivity contribution in [2.45, 2.75) is 0 Å². The van der Waals surface area contributed by atoms with Crippen LogP contribution in [0, 0.1) is 0 Å². The quantitative estimate of drug-likeness (QED) is 0.789. The largest absolute Gasteiger partial charge is 0.490 e. The van der Waals surface area contributed by atoms with Crippen molar-refractivity contribution >= 4 is 33.4 Å². The molecule has 21 heavy (non-hydrogen) atoms. The highest BCUT2D eigenvalue weighted by Gasteiger charge is 2.12. The molecule has 0 aliphatic heterocycles. The fourth-order valence-electron chi connectivity index (χ4n) is 1.80. The van der Waals surface area contributed by atoms with E-state index in [9.17, 15) is 4.79 Å². The molecule has 0 spiro atoms. The molecule has 0 atom stereocenters. The van der Waals surface area contributed by atoms with Crippen LogP contribution in [0.4, 0.5) is 0 Å². The molecule has 5 heteroatoms. The third-order valence-corrected chi connectivity index (χ3v) is 3.74. The monoisotopic (exact) mass is 367 g/mol. The molecule has 1 amide bonds. The van der Waals surface area contributed by atoms with Crippen LogP contribution >= 0.6 is 27.5 Å². The number of rotatable bonds is 5. The van der Waals surface area contributed by atoms with Gasteiger partial charge in [0.1, 0.15) is 12.4 Å². The number of benzene rings is 2. The SMILES string of the molecule is CN(CCOc1ccccc1Cl)C(=O)c1cccc(Br)c1. The normalized spacial score (nSPS) is 10.2. The van der Waals surface area contributed by atoms with Crippen molar-refractivity contribution in [1.82, 2.24) is 4.90 Å². The van der Waals surface area contributed by atoms with Crippen molar-refractivity contribution in [3.63, 3.8) is 0 Å². The molecule has 0 unspecified atom stereocenters. The number of hydrogen-bond donors (Lipinski definition) is 0. The Balaban J connectivity index is 1.89. The first-order valence-corrected chi connectivity index (χ1v) is 7.63. The van der Waals surface area contributed by atoms with Crippen LogP contribution in [0.1, 0.15) is 10.4 Å². The average molecular weight is 369 g/mol. The molecule has 0 aliphatic carbocycles. The Labute approximate surface area is 137 Å². The molecule has 0 radical (unpaired) electrons. The molecule has 0 fully saturated rings. The van der Waals surface area contributed by atoms with Crippen LogP contribution in [0.25, 0.3) is 0 Å². The van der Waals surface area contributed by atoms with E-state index in [1.54, 1.807) is 36.2 Å². The van der Waals surface area contributed by atoms with Crippen LogP contribution in [0.15, 0.2) is 53.0 Å². The lowest BCUT2D eigenvalue weighted by atomic mass is 10.2. The zero-order valence-corrected chi connectivity index (χ0v) is 13.9. The highest BCUT2D eigenvalue weighted by molar-refractivity contribution is 9.10. The summed E-state index contributed by atoms with van der Waals surface area (Å²) in [5.41, 5.74) is 0.643. The molecular formula is C16H15BrClNO2. The average Bonchev–Trinajstić information content (AvgIpc) is 2.48. The van der Waals surface area contributed by atoms with Crippen molar-refractivity contribution in [2.75, 3.05) is 20.2 Å². The summed E-state index contributed by atoms with van der Waals surface area (Å²) in [6.45, 7) is 0.872. The van der Waals surface area contributed by atoms with Crippen LogP contribution < -0.4 is 4.74 Å². The molecule has 3 nitrogen and oxygen atoms in total. The van der Waals surface area contributed by atoms with Crippen LogP contribution in [0.3, 0.4) is 0 Å². The number of carbonyl (C=O) groups excluding carboxylic acids is 1. The van der Waals surface area contributed by atoms with Crippen molar-refractivity contribution in [3.05, 3.63) is 63.6 Å². The van der Waals surface area contributed by atoms with E-state index in [2.05, 4.69) is 15.9 Å². The number of nitrogens with zero attached hydrogens (tertiary/aromatic N) is 1. The third kappa shape index (κ3) is 4.48. The Kier molecular flexibility index (Phi) is 5.65. The molecule has 2 aromatic rings. The topological polar surface area (TPSA) is 29.5 Å². The van der Waals surface area contributed by atoms with E-state index in [1.807, 2.05) is 24.3 Å². The predicted molar refractivity (Wildman–Crippen MR) is 88.0 cm³/mol. The van der Waals surface area contributed by atoms with Gasteiger partial charge in [0, 0.05) is 17.1 Å². The Morgan fingerprint density at radius 3 is 2.71 bits per heavy atom. The lowest BCUT2D eigenvalue weighted by molar-refractivity contribution is 0.0774. The van der Waals surface area contributed by atoms with Crippen LogP contribution in [0.2, 0.25) is 5.02 Å². The fourth-order valence-corrected chi connectivity index (χ4v) is 2.39. The Morgan fingerprint density at radius 2 is 2.00 bits per heavy atom. The smallest absolute Gasteiger partial charge is 0.253 e. The van der Waals surface area contributed by atoms with Gasteiger partial charge in [-0.3, -0.25) is 4.79 Å². The minimum absolute atomic E-state index is 0.0425. The number of likely N-dealkylation sites (N-methyl/N-ethyl adjacent to an activating group) is 1. The minimum Gasteiger partial charge on any atom is -0.490 e. The first-order valence-electron chi connectivity index (χ1n) is 6.46. The summed E-state index contributed by atoms with van der Waals surface area (Å²) in [5.74, 6) is 0.585. The summed E-state index contributed by atoms with van der Waals surface area (Å²) in [6, 6.07) is 14.6. The molecule has 0 aromatic heterocycles. The van der Waals surface area contributed by atoms with Gasteiger partial charge in [0.25, 0.3) is 5.91 Å². The lowest BCUT2D eigenvalue weighted by Gasteiger charge is -2.18. The second-order valence-electron chi connectivity index (χ2n) is 4.52. The van der Waals surface area contributed by atoms with Gasteiger partial charge in [-0.15, -0.1) is 0 Å². The number of ether oxygens (including phenoxy) is 1. The maximum absolute atomic E-state index is 12.2. The Morgan fingerprint density at radius 1 is 1.24 bits per heavy atom. The maximum Gasteiger partial charge on any atom is 0.253 e. The molecule has 0 saturated carbocycles. The molecule has 2 aromatic carbocycles. The fraction of sp³-hybridized carbons (Fsp3) is 0.188. The molecular weight excluding hydrogens is 354 g/mol. The molecule has 110 valence electrons. The summed E-state index contributed by atoms with van der Waals surface area (Å²) >= 11 is 9.37. The van der Waals surface area contributed by atoms with Crippen molar-refractivity contribution in [1.29, 1.82) is 0 Å². The Hall–Kier alpha value is -1.52. The zero-order valence-electron chi connectivity index (χ0n) is 11.6. The number of para-hydroxylation sites is 1. The van der Waals surface area contributed by atoms with E-state index >= 15 is 0 Å². The predicted octanol–water partition coefficient (Wildman–Crippen LogP) is 4.25. The molecule has 0 bridgehead atoms. The van der Waals surface area contributed by atoms with Crippen LogP contribution in [0.5, 0.6) is 5.75 Å². The van der Waals surface area contributed by atoms with Gasteiger partial charge in [0.05, 0.1) is 11.6 Å². The maximum atomic E-state index is 12.2. The molecule has 0 aliphatic rings. The number of hydrogen-bond acceptors (Lipinski definition) is 2. The van der Waals surface area contributed by atoms with Crippen molar-refractivity contribution < 1.29 is 9.53 Å². The number of carbonyl (C=O) groups is 1. The Bertz CT molecular complexity index is 633. The highest BCUT2D eigenvalue weighted by atomic mass is 79.9. The molecule has 0 heterocycles. The third-order valence-electron chi connectivity index (χ3n) is 2.94. The molecule has 2 rings (SSSR count). The van der Waals surface area contributed by atoms with Crippen LogP contribution in [-0.2, 0) is 0 Å². The minimum atomic E-state index is -0.0425. The standard InChI is InChI=1S/C16H15BrClNO2/c1-19(16(20)12-5-4-6-13(17)11-12)9-10-21-15-8-3-2-7-14(15)18/h2-8,11H,9-10H2,1H3. The van der Waals surface area contributed by atoms with Gasteiger partial charge in [-0.2, -0.15) is 0 Å². The van der Waals surface area contributed by atoms with Gasteiger partial charge in [0.15, 0.2) is 0 Å². The summed E-state index contributed by atoms with van der Waals surface area (Å²) < 4.78 is 6.47. The van der Waals surface area contributed by atoms with Crippen LogP contribution in [-0.4, -0.2) is 31.0 Å². The van der Waals surface area contributed by atoms with Crippen molar-refractivity contribution in [2.24, 2.45) is 0 Å². The van der Waals surface area contributed by atoms with Gasteiger partial charge in [-0.1, -0.05) is 45.7 Å². The van der Waals surface area contributed by atoms with Gasteiger partial charge in [-0.25, -0.2) is 0 Å². The summed E-state index contributed by atoms with van der Waals surface area (Å²) in [6.07, 6.45) is 0. The van der Waals surface area contributed by atoms with E-state index in [0.717, 1.165) is 4.47 Å². The second-order valence-corrected chi connectivity index (χ2v) is 5.84. The van der Waals surface area contributed by atoms with E-state index in [1.165, 1.54) is 0 Å². The highest BCUT2D eigenvalue weighted by Crippen LogP contribution is 2.22.